The van der Waals surface area contributed by atoms with E-state index in [-0.39, 0.29) is 0 Å². The zero-order valence-electron chi connectivity index (χ0n) is 40.3. The van der Waals surface area contributed by atoms with E-state index < -0.39 is 0 Å². The normalized spacial score (nSPS) is 12.9. The summed E-state index contributed by atoms with van der Waals surface area (Å²) in [6, 6.07) is 96.3. The van der Waals surface area contributed by atoms with Crippen molar-refractivity contribution < 1.29 is 0 Å². The Morgan fingerprint density at radius 2 is 0.861 bits per heavy atom. The van der Waals surface area contributed by atoms with Crippen LogP contribution in [0.4, 0.5) is 17.1 Å². The van der Waals surface area contributed by atoms with Crippen LogP contribution in [0.2, 0.25) is 0 Å². The molecule has 0 spiro atoms. The Labute approximate surface area is 422 Å². The van der Waals surface area contributed by atoms with Crippen LogP contribution in [-0.2, 0) is 0 Å². The molecule has 72 heavy (non-hydrogen) atoms. The zero-order chi connectivity index (χ0) is 47.8. The molecular formula is C70H54N2. The summed E-state index contributed by atoms with van der Waals surface area (Å²) in [5.41, 5.74) is 20.4. The van der Waals surface area contributed by atoms with E-state index in [1.165, 1.54) is 126 Å². The molecular weight excluding hydrogens is 869 g/mol. The van der Waals surface area contributed by atoms with Gasteiger partial charge in [0.25, 0.3) is 0 Å². The van der Waals surface area contributed by atoms with Gasteiger partial charge in [-0.1, -0.05) is 226 Å². The van der Waals surface area contributed by atoms with Gasteiger partial charge in [-0.25, -0.2) is 0 Å². The van der Waals surface area contributed by atoms with E-state index in [2.05, 4.69) is 270 Å². The Kier molecular flexibility index (Phi) is 11.4. The second kappa shape index (κ2) is 18.9. The van der Waals surface area contributed by atoms with Crippen molar-refractivity contribution in [3.63, 3.8) is 0 Å². The minimum atomic E-state index is 0.558. The molecule has 0 radical (unpaired) electrons. The maximum absolute atomic E-state index is 2.53. The molecule has 0 saturated heterocycles. The standard InChI is InChI=1S/C70H54N2/c1-5-22-50(23-6-1)57-47-44-54(48-64(57)52-26-9-3-10-27-52)49-42-45-56(46-43-49)71(65-38-16-13-32-59(65)61-36-20-29-53-28-19-35-58(69(53)61)51-24-7-2-8-25-51)66-39-17-14-33-60(66)62-37-21-41-68-70(62)63-34-15-18-40-67(63)72(68)55-30-11-4-12-31-55/h1,3-6,9-23,26-48,51H,2,7-8,24-25H2. The van der Waals surface area contributed by atoms with E-state index >= 15 is 0 Å². The summed E-state index contributed by atoms with van der Waals surface area (Å²) in [4.78, 5) is 2.53. The van der Waals surface area contributed by atoms with Crippen LogP contribution >= 0.6 is 0 Å². The lowest BCUT2D eigenvalue weighted by atomic mass is 9.80. The number of para-hydroxylation sites is 4. The van der Waals surface area contributed by atoms with Crippen molar-refractivity contribution in [2.24, 2.45) is 0 Å². The summed E-state index contributed by atoms with van der Waals surface area (Å²) in [7, 11) is 0. The fourth-order valence-corrected chi connectivity index (χ4v) is 11.9. The average Bonchev–Trinajstić information content (AvgIpc) is 3.81. The van der Waals surface area contributed by atoms with Crippen LogP contribution < -0.4 is 4.90 Å². The van der Waals surface area contributed by atoms with Crippen molar-refractivity contribution in [2.75, 3.05) is 4.90 Å². The molecule has 1 aliphatic carbocycles. The molecule has 1 heterocycles. The van der Waals surface area contributed by atoms with Crippen LogP contribution in [0.15, 0.2) is 261 Å². The minimum absolute atomic E-state index is 0.558. The van der Waals surface area contributed by atoms with E-state index in [1.54, 1.807) is 0 Å². The molecule has 13 rings (SSSR count). The van der Waals surface area contributed by atoms with Gasteiger partial charge in [0.1, 0.15) is 0 Å². The van der Waals surface area contributed by atoms with Crippen molar-refractivity contribution in [1.29, 1.82) is 0 Å². The summed E-state index contributed by atoms with van der Waals surface area (Å²) >= 11 is 0. The molecule has 1 saturated carbocycles. The number of aromatic nitrogens is 1. The van der Waals surface area contributed by atoms with Gasteiger partial charge < -0.3 is 9.47 Å². The van der Waals surface area contributed by atoms with Crippen LogP contribution in [0.3, 0.4) is 0 Å². The number of anilines is 3. The van der Waals surface area contributed by atoms with Gasteiger partial charge in [0, 0.05) is 33.3 Å². The highest BCUT2D eigenvalue weighted by Crippen LogP contribution is 2.50. The van der Waals surface area contributed by atoms with Crippen molar-refractivity contribution in [3.8, 4) is 61.3 Å². The average molecular weight is 923 g/mol. The van der Waals surface area contributed by atoms with Gasteiger partial charge >= 0.3 is 0 Å². The lowest BCUT2D eigenvalue weighted by molar-refractivity contribution is 0.445. The molecule has 1 aliphatic rings. The second-order valence-corrected chi connectivity index (χ2v) is 19.4. The number of hydrogen-bond acceptors (Lipinski definition) is 1. The van der Waals surface area contributed by atoms with Crippen LogP contribution in [0.5, 0.6) is 0 Å². The molecule has 2 heteroatoms. The third-order valence-electron chi connectivity index (χ3n) is 15.2. The zero-order valence-corrected chi connectivity index (χ0v) is 40.3. The largest absolute Gasteiger partial charge is 0.309 e. The monoisotopic (exact) mass is 922 g/mol. The molecule has 12 aromatic rings. The van der Waals surface area contributed by atoms with Gasteiger partial charge in [0.05, 0.1) is 22.4 Å². The SMILES string of the molecule is c1ccc(-c2ccc(-c3ccc(N(c4ccccc4-c4cccc5cccc(C6CCCCC6)c45)c4ccccc4-c4cccc5c4c4ccccc4n5-c4ccccc4)cc3)cc2-c2ccccc2)cc1. The molecule has 1 fully saturated rings. The van der Waals surface area contributed by atoms with Gasteiger partial charge in [0.2, 0.25) is 0 Å². The second-order valence-electron chi connectivity index (χ2n) is 19.4. The van der Waals surface area contributed by atoms with E-state index in [0.717, 1.165) is 22.7 Å². The molecule has 11 aromatic carbocycles. The van der Waals surface area contributed by atoms with Crippen LogP contribution in [0.1, 0.15) is 43.6 Å². The van der Waals surface area contributed by atoms with E-state index in [9.17, 15) is 0 Å². The fourth-order valence-electron chi connectivity index (χ4n) is 11.9. The highest BCUT2D eigenvalue weighted by atomic mass is 15.1. The Hall–Kier alpha value is -8.72. The summed E-state index contributed by atoms with van der Waals surface area (Å²) in [5, 5.41) is 5.16. The number of fused-ring (bicyclic) bond motifs is 4. The summed E-state index contributed by atoms with van der Waals surface area (Å²) < 4.78 is 2.42. The quantitative estimate of drug-likeness (QED) is 0.133. The lowest BCUT2D eigenvalue weighted by Gasteiger charge is -2.31. The Morgan fingerprint density at radius 3 is 1.56 bits per heavy atom. The third-order valence-corrected chi connectivity index (χ3v) is 15.2. The Morgan fingerprint density at radius 1 is 0.333 bits per heavy atom. The smallest absolute Gasteiger partial charge is 0.0547 e. The van der Waals surface area contributed by atoms with Crippen molar-refractivity contribution in [2.45, 2.75) is 38.0 Å². The lowest BCUT2D eigenvalue weighted by Crippen LogP contribution is -2.12. The first kappa shape index (κ1) is 43.3. The molecule has 0 bridgehead atoms. The maximum atomic E-state index is 2.53. The predicted octanol–water partition coefficient (Wildman–Crippen LogP) is 19.8. The van der Waals surface area contributed by atoms with Gasteiger partial charge in [-0.3, -0.25) is 0 Å². The number of rotatable bonds is 10. The molecule has 2 nitrogen and oxygen atoms in total. The van der Waals surface area contributed by atoms with Crippen molar-refractivity contribution in [3.05, 3.63) is 266 Å². The molecule has 0 amide bonds. The number of hydrogen-bond donors (Lipinski definition) is 0. The van der Waals surface area contributed by atoms with E-state index in [1.807, 2.05) is 0 Å². The highest BCUT2D eigenvalue weighted by Gasteiger charge is 2.26. The van der Waals surface area contributed by atoms with Gasteiger partial charge in [-0.05, 0) is 134 Å². The van der Waals surface area contributed by atoms with Crippen LogP contribution in [-0.4, -0.2) is 4.57 Å². The van der Waals surface area contributed by atoms with Crippen LogP contribution in [0.25, 0.3) is 93.9 Å². The summed E-state index contributed by atoms with van der Waals surface area (Å²) in [6.07, 6.45) is 6.41. The van der Waals surface area contributed by atoms with E-state index in [0.29, 0.717) is 5.92 Å². The van der Waals surface area contributed by atoms with Crippen molar-refractivity contribution >= 4 is 49.6 Å². The molecule has 0 aliphatic heterocycles. The molecule has 0 atom stereocenters. The molecule has 344 valence electrons. The Balaban J connectivity index is 1.02. The fraction of sp³-hybridized carbons (Fsp3) is 0.0857. The van der Waals surface area contributed by atoms with Crippen molar-refractivity contribution in [1.82, 2.24) is 4.57 Å². The minimum Gasteiger partial charge on any atom is -0.309 e. The summed E-state index contributed by atoms with van der Waals surface area (Å²) in [6.45, 7) is 0. The third kappa shape index (κ3) is 7.77. The maximum Gasteiger partial charge on any atom is 0.0547 e. The Bertz CT molecular complexity index is 3880. The van der Waals surface area contributed by atoms with E-state index in [4.69, 9.17) is 0 Å². The first-order chi connectivity index (χ1) is 35.8. The topological polar surface area (TPSA) is 8.17 Å². The summed E-state index contributed by atoms with van der Waals surface area (Å²) in [5.74, 6) is 0.558. The molecule has 0 unspecified atom stereocenters. The van der Waals surface area contributed by atoms with Gasteiger partial charge in [-0.2, -0.15) is 0 Å². The van der Waals surface area contributed by atoms with Gasteiger partial charge in [-0.15, -0.1) is 0 Å². The molecule has 0 N–H and O–H groups in total. The first-order valence-corrected chi connectivity index (χ1v) is 25.7. The predicted molar refractivity (Wildman–Crippen MR) is 306 cm³/mol. The first-order valence-electron chi connectivity index (χ1n) is 25.7. The van der Waals surface area contributed by atoms with Gasteiger partial charge in [0.15, 0.2) is 0 Å². The molecule has 1 aromatic heterocycles. The van der Waals surface area contributed by atoms with Crippen LogP contribution in [0, 0.1) is 0 Å². The number of benzene rings is 11. The number of nitrogens with zero attached hydrogens (tertiary/aromatic N) is 2. The highest BCUT2D eigenvalue weighted by molar-refractivity contribution is 6.17.